The number of hydrogen-bond acceptors (Lipinski definition) is 6. The van der Waals surface area contributed by atoms with Crippen molar-refractivity contribution in [3.63, 3.8) is 0 Å². The van der Waals surface area contributed by atoms with Gasteiger partial charge < -0.3 is 9.52 Å². The minimum atomic E-state index is -0.790. The third kappa shape index (κ3) is 3.55. The van der Waals surface area contributed by atoms with E-state index in [1.54, 1.807) is 34.0 Å². The van der Waals surface area contributed by atoms with E-state index in [9.17, 15) is 9.90 Å². The van der Waals surface area contributed by atoms with Gasteiger partial charge in [-0.15, -0.1) is 0 Å². The first-order valence-corrected chi connectivity index (χ1v) is 11.8. The number of amides is 1. The van der Waals surface area contributed by atoms with Crippen LogP contribution in [-0.2, 0) is 4.79 Å². The van der Waals surface area contributed by atoms with Gasteiger partial charge in [0.2, 0.25) is 5.91 Å². The number of carbonyl (C=O) groups excluding carboxylic acids is 1. The topological polar surface area (TPSA) is 86.2 Å². The van der Waals surface area contributed by atoms with E-state index < -0.39 is 12.0 Å². The van der Waals surface area contributed by atoms with Crippen molar-refractivity contribution in [2.75, 3.05) is 11.2 Å². The first-order valence-electron chi connectivity index (χ1n) is 10.2. The Hall–Kier alpha value is -3.36. The van der Waals surface area contributed by atoms with Gasteiger partial charge in [0, 0.05) is 22.6 Å². The molecular formula is C24H19ClN4O3S. The number of carbonyl (C=O) groups is 1. The van der Waals surface area contributed by atoms with E-state index in [1.165, 1.54) is 18.7 Å². The molecule has 0 spiro atoms. The van der Waals surface area contributed by atoms with Gasteiger partial charge in [0.15, 0.2) is 5.76 Å². The molecule has 1 aliphatic heterocycles. The molecule has 4 aromatic rings. The van der Waals surface area contributed by atoms with Gasteiger partial charge in [0.1, 0.15) is 5.76 Å². The molecule has 33 heavy (non-hydrogen) atoms. The van der Waals surface area contributed by atoms with Crippen LogP contribution >= 0.6 is 23.4 Å². The van der Waals surface area contributed by atoms with E-state index in [4.69, 9.17) is 16.0 Å². The number of para-hydroxylation sites is 1. The molecule has 7 nitrogen and oxygen atoms in total. The number of rotatable bonds is 3. The largest absolute Gasteiger partial charge is 0.854 e. The predicted octanol–water partition coefficient (Wildman–Crippen LogP) is 4.36. The first kappa shape index (κ1) is 21.5. The zero-order valence-corrected chi connectivity index (χ0v) is 19.6. The highest BCUT2D eigenvalue weighted by Gasteiger charge is 2.45. The maximum Gasteiger partial charge on any atom is 0.325 e. The summed E-state index contributed by atoms with van der Waals surface area (Å²) < 4.78 is 7.81. The van der Waals surface area contributed by atoms with Gasteiger partial charge in [-0.05, 0) is 59.8 Å². The molecule has 0 bridgehead atoms. The lowest BCUT2D eigenvalue weighted by molar-refractivity contribution is -0.765. The quantitative estimate of drug-likeness (QED) is 0.321. The van der Waals surface area contributed by atoms with Crippen LogP contribution in [0.2, 0.25) is 5.02 Å². The number of thioether (sulfide) groups is 1. The van der Waals surface area contributed by atoms with Gasteiger partial charge >= 0.3 is 6.17 Å². The Balaban J connectivity index is 1.75. The Morgan fingerprint density at radius 2 is 1.97 bits per heavy atom. The lowest BCUT2D eigenvalue weighted by atomic mass is 10.0. The van der Waals surface area contributed by atoms with E-state index in [-0.39, 0.29) is 5.91 Å². The molecule has 1 unspecified atom stereocenters. The summed E-state index contributed by atoms with van der Waals surface area (Å²) in [5.74, 6) is 0.452. The fraction of sp³-hybridized carbons (Fsp3) is 0.167. The second-order valence-corrected chi connectivity index (χ2v) is 8.85. The van der Waals surface area contributed by atoms with Crippen molar-refractivity contribution in [3.05, 3.63) is 70.9 Å². The van der Waals surface area contributed by atoms with Crippen molar-refractivity contribution >= 4 is 35.0 Å². The standard InChI is InChI=1S/C24H19ClN4O3S/c1-13-8-9-15(25)12-17(13)19-10-11-20(32-19)23-28(14(2)30)18-7-5-4-6-16(18)21-22(31)26-24(33-3)27-29(21)23/h4-12,23H,1-3H3. The molecule has 5 rings (SSSR count). The van der Waals surface area contributed by atoms with E-state index >= 15 is 0 Å². The molecule has 0 fully saturated rings. The highest BCUT2D eigenvalue weighted by Crippen LogP contribution is 2.41. The number of aromatic nitrogens is 3. The van der Waals surface area contributed by atoms with Crippen LogP contribution in [0.1, 0.15) is 24.4 Å². The fourth-order valence-electron chi connectivity index (χ4n) is 4.12. The Kier molecular flexibility index (Phi) is 5.34. The second kappa shape index (κ2) is 8.20. The molecule has 1 aliphatic rings. The Morgan fingerprint density at radius 3 is 2.73 bits per heavy atom. The second-order valence-electron chi connectivity index (χ2n) is 7.64. The van der Waals surface area contributed by atoms with Crippen molar-refractivity contribution in [2.45, 2.75) is 25.2 Å². The molecule has 0 N–H and O–H groups in total. The average Bonchev–Trinajstić information content (AvgIpc) is 3.28. The van der Waals surface area contributed by atoms with Gasteiger partial charge in [-0.3, -0.25) is 4.79 Å². The van der Waals surface area contributed by atoms with Crippen LogP contribution in [0.3, 0.4) is 0 Å². The third-order valence-electron chi connectivity index (χ3n) is 5.59. The normalized spacial score (nSPS) is 14.7. The summed E-state index contributed by atoms with van der Waals surface area (Å²) in [6.07, 6.45) is 1.01. The first-order chi connectivity index (χ1) is 15.9. The molecule has 0 aliphatic carbocycles. The molecule has 0 radical (unpaired) electrons. The minimum Gasteiger partial charge on any atom is -0.854 e. The molecule has 2 aromatic carbocycles. The maximum atomic E-state index is 13.0. The Labute approximate surface area is 199 Å². The van der Waals surface area contributed by atoms with Gasteiger partial charge in [-0.2, -0.15) is 0 Å². The summed E-state index contributed by atoms with van der Waals surface area (Å²) in [6.45, 7) is 3.45. The molecular weight excluding hydrogens is 460 g/mol. The van der Waals surface area contributed by atoms with E-state index in [0.29, 0.717) is 38.6 Å². The van der Waals surface area contributed by atoms with Crippen LogP contribution in [0.4, 0.5) is 5.69 Å². The molecule has 0 saturated carbocycles. The highest BCUT2D eigenvalue weighted by atomic mass is 35.5. The average molecular weight is 479 g/mol. The molecule has 9 heteroatoms. The summed E-state index contributed by atoms with van der Waals surface area (Å²) in [6, 6.07) is 16.5. The van der Waals surface area contributed by atoms with Crippen LogP contribution < -0.4 is 14.7 Å². The van der Waals surface area contributed by atoms with Gasteiger partial charge in [-0.1, -0.05) is 41.6 Å². The maximum absolute atomic E-state index is 13.0. The summed E-state index contributed by atoms with van der Waals surface area (Å²) in [4.78, 5) is 18.6. The number of anilines is 1. The van der Waals surface area contributed by atoms with Crippen LogP contribution in [0.15, 0.2) is 64.2 Å². The SMILES string of the molecule is CSc1nc([O-])c2[n+](n1)C(c1ccc(-c3cc(Cl)ccc3C)o1)N(C(C)=O)c1ccccc1-2. The fourth-order valence-corrected chi connectivity index (χ4v) is 4.63. The number of benzene rings is 2. The van der Waals surface area contributed by atoms with Crippen LogP contribution in [0.25, 0.3) is 22.6 Å². The summed E-state index contributed by atoms with van der Waals surface area (Å²) in [7, 11) is 0. The van der Waals surface area contributed by atoms with Gasteiger partial charge in [0.05, 0.1) is 17.1 Å². The summed E-state index contributed by atoms with van der Waals surface area (Å²) >= 11 is 7.47. The number of hydrogen-bond donors (Lipinski definition) is 0. The van der Waals surface area contributed by atoms with Crippen molar-refractivity contribution < 1.29 is 19.0 Å². The van der Waals surface area contributed by atoms with Gasteiger partial charge in [0.25, 0.3) is 10.9 Å². The van der Waals surface area contributed by atoms with E-state index in [0.717, 1.165) is 11.1 Å². The predicted molar refractivity (Wildman–Crippen MR) is 124 cm³/mol. The zero-order valence-electron chi connectivity index (χ0n) is 18.1. The van der Waals surface area contributed by atoms with Crippen LogP contribution in [-0.4, -0.2) is 22.2 Å². The van der Waals surface area contributed by atoms with Crippen LogP contribution in [0.5, 0.6) is 5.88 Å². The number of aryl methyl sites for hydroxylation is 1. The molecule has 0 saturated heterocycles. The monoisotopic (exact) mass is 478 g/mol. The van der Waals surface area contributed by atoms with Gasteiger partial charge in [-0.25, -0.2) is 9.88 Å². The number of furan rings is 1. The molecule has 2 aromatic heterocycles. The summed E-state index contributed by atoms with van der Waals surface area (Å²) in [5.41, 5.74) is 3.35. The number of fused-ring (bicyclic) bond motifs is 3. The number of halogens is 1. The smallest absolute Gasteiger partial charge is 0.325 e. The van der Waals surface area contributed by atoms with Crippen molar-refractivity contribution in [1.82, 2.24) is 10.1 Å². The summed E-state index contributed by atoms with van der Waals surface area (Å²) in [5, 5.41) is 18.5. The highest BCUT2D eigenvalue weighted by molar-refractivity contribution is 7.98. The molecule has 1 amide bonds. The third-order valence-corrected chi connectivity index (χ3v) is 6.36. The Morgan fingerprint density at radius 1 is 1.18 bits per heavy atom. The van der Waals surface area contributed by atoms with Crippen molar-refractivity contribution in [3.8, 4) is 28.5 Å². The Bertz CT molecular complexity index is 1400. The van der Waals surface area contributed by atoms with Crippen LogP contribution in [0, 0.1) is 6.92 Å². The molecule has 3 heterocycles. The minimum absolute atomic E-state index is 0.209. The van der Waals surface area contributed by atoms with E-state index in [1.807, 2.05) is 43.3 Å². The van der Waals surface area contributed by atoms with E-state index in [2.05, 4.69) is 10.1 Å². The number of nitrogens with zero attached hydrogens (tertiary/aromatic N) is 4. The zero-order chi connectivity index (χ0) is 23.3. The molecule has 1 atom stereocenters. The lowest BCUT2D eigenvalue weighted by Gasteiger charge is -2.31. The van der Waals surface area contributed by atoms with Crippen molar-refractivity contribution in [1.29, 1.82) is 0 Å². The lowest BCUT2D eigenvalue weighted by Crippen LogP contribution is -2.58. The molecule has 166 valence electrons. The van der Waals surface area contributed by atoms with Crippen molar-refractivity contribution in [2.24, 2.45) is 0 Å².